The van der Waals surface area contributed by atoms with Gasteiger partial charge in [0.1, 0.15) is 12.4 Å². The first-order valence-electron chi connectivity index (χ1n) is 10.1. The molecule has 0 saturated carbocycles. The number of hydrogen-bond donors (Lipinski definition) is 2. The summed E-state index contributed by atoms with van der Waals surface area (Å²) in [6.07, 6.45) is 2.14. The SMILES string of the molecule is CCNC(=NCc1cccc(OCCN2CCOCC2)c1)NCC(C)(C)SC.I. The molecule has 2 rings (SSSR count). The minimum atomic E-state index is 0. The molecule has 1 saturated heterocycles. The molecule has 1 aromatic rings. The van der Waals surface area contributed by atoms with Gasteiger partial charge in [-0.05, 0) is 44.7 Å². The van der Waals surface area contributed by atoms with Crippen molar-refractivity contribution in [2.24, 2.45) is 4.99 Å². The fourth-order valence-electron chi connectivity index (χ4n) is 2.73. The van der Waals surface area contributed by atoms with Gasteiger partial charge in [-0.25, -0.2) is 4.99 Å². The number of thioether (sulfide) groups is 1. The molecule has 0 radical (unpaired) electrons. The summed E-state index contributed by atoms with van der Waals surface area (Å²) in [4.78, 5) is 7.10. The van der Waals surface area contributed by atoms with Crippen molar-refractivity contribution in [2.45, 2.75) is 32.1 Å². The lowest BCUT2D eigenvalue weighted by atomic mass is 10.2. The lowest BCUT2D eigenvalue weighted by Gasteiger charge is -2.26. The summed E-state index contributed by atoms with van der Waals surface area (Å²) >= 11 is 1.85. The Bertz CT molecular complexity index is 610. The van der Waals surface area contributed by atoms with Crippen LogP contribution in [-0.2, 0) is 11.3 Å². The first-order chi connectivity index (χ1) is 13.5. The van der Waals surface area contributed by atoms with Crippen molar-refractivity contribution < 1.29 is 9.47 Å². The average molecular weight is 537 g/mol. The van der Waals surface area contributed by atoms with E-state index in [9.17, 15) is 0 Å². The van der Waals surface area contributed by atoms with Gasteiger partial charge in [-0.1, -0.05) is 12.1 Å². The minimum absolute atomic E-state index is 0. The number of nitrogens with zero attached hydrogens (tertiary/aromatic N) is 2. The molecule has 8 heteroatoms. The van der Waals surface area contributed by atoms with Gasteiger partial charge in [0.2, 0.25) is 0 Å². The largest absolute Gasteiger partial charge is 0.492 e. The summed E-state index contributed by atoms with van der Waals surface area (Å²) in [6, 6.07) is 8.22. The second-order valence-electron chi connectivity index (χ2n) is 7.46. The molecule has 1 fully saturated rings. The fourth-order valence-corrected chi connectivity index (χ4v) is 2.95. The van der Waals surface area contributed by atoms with Crippen molar-refractivity contribution in [3.63, 3.8) is 0 Å². The third-order valence-corrected chi connectivity index (χ3v) is 5.93. The molecule has 0 bridgehead atoms. The Hall–Kier alpha value is -0.710. The van der Waals surface area contributed by atoms with Crippen molar-refractivity contribution in [1.82, 2.24) is 15.5 Å². The Morgan fingerprint density at radius 2 is 2.03 bits per heavy atom. The molecule has 1 aromatic carbocycles. The Labute approximate surface area is 197 Å². The van der Waals surface area contributed by atoms with Crippen LogP contribution < -0.4 is 15.4 Å². The monoisotopic (exact) mass is 536 g/mol. The number of morpholine rings is 1. The van der Waals surface area contributed by atoms with E-state index in [1.807, 2.05) is 23.9 Å². The number of guanidine groups is 1. The van der Waals surface area contributed by atoms with Crippen LogP contribution in [0.2, 0.25) is 0 Å². The summed E-state index contributed by atoms with van der Waals surface area (Å²) in [7, 11) is 0. The van der Waals surface area contributed by atoms with Gasteiger partial charge in [0.25, 0.3) is 0 Å². The lowest BCUT2D eigenvalue weighted by molar-refractivity contribution is 0.0322. The molecule has 166 valence electrons. The van der Waals surface area contributed by atoms with Gasteiger partial charge >= 0.3 is 0 Å². The molecule has 1 aliphatic heterocycles. The maximum absolute atomic E-state index is 5.95. The molecule has 0 unspecified atom stereocenters. The maximum Gasteiger partial charge on any atom is 0.191 e. The van der Waals surface area contributed by atoms with Crippen LogP contribution in [0.4, 0.5) is 0 Å². The van der Waals surface area contributed by atoms with Crippen LogP contribution in [0.5, 0.6) is 5.75 Å². The number of halogens is 1. The van der Waals surface area contributed by atoms with E-state index in [2.05, 4.69) is 54.7 Å². The summed E-state index contributed by atoms with van der Waals surface area (Å²) < 4.78 is 11.5. The van der Waals surface area contributed by atoms with Crippen LogP contribution >= 0.6 is 35.7 Å². The van der Waals surface area contributed by atoms with Crippen LogP contribution in [0.3, 0.4) is 0 Å². The second kappa shape index (κ2) is 14.3. The van der Waals surface area contributed by atoms with E-state index in [0.29, 0.717) is 13.2 Å². The summed E-state index contributed by atoms with van der Waals surface area (Å²) in [5.74, 6) is 1.76. The molecular formula is C21H37IN4O2S. The van der Waals surface area contributed by atoms with Crippen molar-refractivity contribution in [3.05, 3.63) is 29.8 Å². The molecule has 6 nitrogen and oxygen atoms in total. The zero-order chi connectivity index (χ0) is 20.2. The molecule has 29 heavy (non-hydrogen) atoms. The van der Waals surface area contributed by atoms with E-state index in [-0.39, 0.29) is 28.7 Å². The Morgan fingerprint density at radius 3 is 2.72 bits per heavy atom. The van der Waals surface area contributed by atoms with E-state index in [0.717, 1.165) is 63.2 Å². The molecule has 2 N–H and O–H groups in total. The number of benzene rings is 1. The standard InChI is InChI=1S/C21H36N4O2S.HI/c1-5-22-20(24-17-21(2,3)28-4)23-16-18-7-6-8-19(15-18)27-14-11-25-9-12-26-13-10-25;/h6-8,15H,5,9-14,16-17H2,1-4H3,(H2,22,23,24);1H. The maximum atomic E-state index is 5.95. The zero-order valence-corrected chi connectivity index (χ0v) is 21.3. The van der Waals surface area contributed by atoms with Crippen molar-refractivity contribution >= 4 is 41.7 Å². The molecule has 1 aliphatic rings. The number of ether oxygens (including phenoxy) is 2. The predicted octanol–water partition coefficient (Wildman–Crippen LogP) is 3.21. The summed E-state index contributed by atoms with van der Waals surface area (Å²) in [5, 5.41) is 6.76. The van der Waals surface area contributed by atoms with E-state index < -0.39 is 0 Å². The molecule has 0 aliphatic carbocycles. The molecule has 0 aromatic heterocycles. The minimum Gasteiger partial charge on any atom is -0.492 e. The summed E-state index contributed by atoms with van der Waals surface area (Å²) in [6.45, 7) is 14.1. The Kier molecular flexibility index (Phi) is 13.0. The average Bonchev–Trinajstić information content (AvgIpc) is 2.71. The van der Waals surface area contributed by atoms with Crippen molar-refractivity contribution in [2.75, 3.05) is 58.8 Å². The fraction of sp³-hybridized carbons (Fsp3) is 0.667. The second-order valence-corrected chi connectivity index (χ2v) is 8.98. The highest BCUT2D eigenvalue weighted by Gasteiger charge is 2.16. The predicted molar refractivity (Wildman–Crippen MR) is 135 cm³/mol. The van der Waals surface area contributed by atoms with Crippen LogP contribution in [0.15, 0.2) is 29.3 Å². The van der Waals surface area contributed by atoms with Gasteiger partial charge in [-0.3, -0.25) is 4.90 Å². The highest BCUT2D eigenvalue weighted by Crippen LogP contribution is 2.19. The smallest absolute Gasteiger partial charge is 0.191 e. The van der Waals surface area contributed by atoms with Crippen LogP contribution in [0, 0.1) is 0 Å². The number of nitrogens with one attached hydrogen (secondary N) is 2. The molecule has 0 atom stereocenters. The van der Waals surface area contributed by atoms with Crippen molar-refractivity contribution in [3.8, 4) is 5.75 Å². The number of hydrogen-bond acceptors (Lipinski definition) is 5. The highest BCUT2D eigenvalue weighted by molar-refractivity contribution is 14.0. The highest BCUT2D eigenvalue weighted by atomic mass is 127. The van der Waals surface area contributed by atoms with Gasteiger partial charge in [0, 0.05) is 37.5 Å². The van der Waals surface area contributed by atoms with Crippen LogP contribution in [-0.4, -0.2) is 74.4 Å². The van der Waals surface area contributed by atoms with Crippen molar-refractivity contribution in [1.29, 1.82) is 0 Å². The van der Waals surface area contributed by atoms with Gasteiger partial charge < -0.3 is 20.1 Å². The van der Waals surface area contributed by atoms with Crippen LogP contribution in [0.25, 0.3) is 0 Å². The van der Waals surface area contributed by atoms with Gasteiger partial charge in [0.05, 0.1) is 19.8 Å². The van der Waals surface area contributed by atoms with Gasteiger partial charge in [-0.2, -0.15) is 11.8 Å². The number of rotatable bonds is 10. The zero-order valence-electron chi connectivity index (χ0n) is 18.2. The molecular weight excluding hydrogens is 499 g/mol. The molecule has 0 spiro atoms. The molecule has 0 amide bonds. The van der Waals surface area contributed by atoms with Gasteiger partial charge in [0.15, 0.2) is 5.96 Å². The normalized spacial score (nSPS) is 15.5. The van der Waals surface area contributed by atoms with E-state index >= 15 is 0 Å². The number of aliphatic imine (C=N–C) groups is 1. The van der Waals surface area contributed by atoms with Crippen LogP contribution in [0.1, 0.15) is 26.3 Å². The first kappa shape index (κ1) is 26.3. The first-order valence-corrected chi connectivity index (χ1v) is 11.3. The van der Waals surface area contributed by atoms with Gasteiger partial charge in [-0.15, -0.1) is 24.0 Å². The molecule has 1 heterocycles. The lowest BCUT2D eigenvalue weighted by Crippen LogP contribution is -2.43. The third-order valence-electron chi connectivity index (χ3n) is 4.68. The summed E-state index contributed by atoms with van der Waals surface area (Å²) in [5.41, 5.74) is 1.14. The Balaban J connectivity index is 0.00000420. The quantitative estimate of drug-likeness (QED) is 0.272. The van der Waals surface area contributed by atoms with E-state index in [1.54, 1.807) is 0 Å². The third kappa shape index (κ3) is 10.8. The van der Waals surface area contributed by atoms with E-state index in [1.165, 1.54) is 0 Å². The Morgan fingerprint density at radius 1 is 1.28 bits per heavy atom. The topological polar surface area (TPSA) is 58.1 Å². The van der Waals surface area contributed by atoms with E-state index in [4.69, 9.17) is 14.5 Å².